The van der Waals surface area contributed by atoms with Crippen LogP contribution in [0.25, 0.3) is 0 Å². The van der Waals surface area contributed by atoms with Gasteiger partial charge >= 0.3 is 6.18 Å². The molecule has 2 nitrogen and oxygen atoms in total. The van der Waals surface area contributed by atoms with Crippen LogP contribution in [-0.4, -0.2) is 18.9 Å². The average molecular weight is 166 g/mol. The van der Waals surface area contributed by atoms with E-state index in [4.69, 9.17) is 5.41 Å². The molecule has 0 unspecified atom stereocenters. The molecule has 0 aromatic heterocycles. The molecule has 5 heteroatoms. The number of halogens is 3. The lowest BCUT2D eigenvalue weighted by molar-refractivity contribution is -0.0589. The molecule has 0 saturated carbocycles. The molecule has 0 aliphatic rings. The summed E-state index contributed by atoms with van der Waals surface area (Å²) in [6, 6.07) is 0. The molecule has 0 bridgehead atoms. The molecule has 0 heterocycles. The van der Waals surface area contributed by atoms with Crippen molar-refractivity contribution in [1.29, 1.82) is 5.41 Å². The lowest BCUT2D eigenvalue weighted by Gasteiger charge is -2.07. The minimum absolute atomic E-state index is 0.125. The fourth-order valence-electron chi connectivity index (χ4n) is 0.512. The average Bonchev–Trinajstić information content (AvgIpc) is 1.85. The van der Waals surface area contributed by atoms with Crippen LogP contribution in [0.15, 0.2) is 11.8 Å². The fraction of sp³-hybridized carbons (Fsp3) is 0.500. The summed E-state index contributed by atoms with van der Waals surface area (Å²) in [5, 5.41) is 9.03. The maximum atomic E-state index is 11.7. The third kappa shape index (κ3) is 3.06. The molecule has 0 saturated heterocycles. The molecule has 0 atom stereocenters. The van der Waals surface area contributed by atoms with E-state index in [9.17, 15) is 13.2 Å². The molecule has 0 aliphatic carbocycles. The van der Waals surface area contributed by atoms with E-state index in [1.807, 2.05) is 0 Å². The van der Waals surface area contributed by atoms with Gasteiger partial charge in [0.25, 0.3) is 0 Å². The highest BCUT2D eigenvalue weighted by Crippen LogP contribution is 2.20. The molecule has 0 aromatic carbocycles. The molecular formula is C6H9F3N2. The molecule has 0 radical (unpaired) electrons. The van der Waals surface area contributed by atoms with Crippen molar-refractivity contribution in [3.63, 3.8) is 0 Å². The van der Waals surface area contributed by atoms with E-state index < -0.39 is 11.9 Å². The van der Waals surface area contributed by atoms with Gasteiger partial charge in [-0.2, -0.15) is 13.2 Å². The summed E-state index contributed by atoms with van der Waals surface area (Å²) in [5.74, 6) is 0. The SMILES string of the molecule is CN/C=C(/C)C(=N)C(F)(F)F. The summed E-state index contributed by atoms with van der Waals surface area (Å²) in [7, 11) is 1.48. The molecule has 11 heavy (non-hydrogen) atoms. The van der Waals surface area contributed by atoms with Crippen LogP contribution in [0.2, 0.25) is 0 Å². The summed E-state index contributed by atoms with van der Waals surface area (Å²) in [5.41, 5.74) is -1.44. The predicted molar refractivity (Wildman–Crippen MR) is 36.6 cm³/mol. The zero-order chi connectivity index (χ0) is 9.07. The van der Waals surface area contributed by atoms with Crippen molar-refractivity contribution in [3.05, 3.63) is 11.8 Å². The highest BCUT2D eigenvalue weighted by atomic mass is 19.4. The number of rotatable bonds is 2. The van der Waals surface area contributed by atoms with Gasteiger partial charge in [0.2, 0.25) is 0 Å². The Labute approximate surface area is 62.6 Å². The van der Waals surface area contributed by atoms with Crippen molar-refractivity contribution in [2.75, 3.05) is 7.05 Å². The second-order valence-electron chi connectivity index (χ2n) is 1.99. The van der Waals surface area contributed by atoms with Crippen molar-refractivity contribution < 1.29 is 13.2 Å². The van der Waals surface area contributed by atoms with Crippen molar-refractivity contribution >= 4 is 5.71 Å². The number of hydrogen-bond acceptors (Lipinski definition) is 2. The molecule has 0 fully saturated rings. The fourth-order valence-corrected chi connectivity index (χ4v) is 0.512. The van der Waals surface area contributed by atoms with Gasteiger partial charge in [0.05, 0.1) is 0 Å². The Bertz CT molecular complexity index is 181. The monoisotopic (exact) mass is 166 g/mol. The predicted octanol–water partition coefficient (Wildman–Crippen LogP) is 1.69. The largest absolute Gasteiger partial charge is 0.432 e. The van der Waals surface area contributed by atoms with E-state index >= 15 is 0 Å². The molecule has 0 aromatic rings. The molecule has 64 valence electrons. The number of nitrogens with one attached hydrogen (secondary N) is 2. The molecule has 2 N–H and O–H groups in total. The highest BCUT2D eigenvalue weighted by Gasteiger charge is 2.34. The first-order valence-electron chi connectivity index (χ1n) is 2.89. The standard InChI is InChI=1S/C6H9F3N2/c1-4(3-11-2)5(10)6(7,8)9/h3,10-11H,1-2H3/b4-3-,10-5?. The summed E-state index contributed by atoms with van der Waals surface area (Å²) >= 11 is 0. The van der Waals surface area contributed by atoms with E-state index in [0.29, 0.717) is 0 Å². The van der Waals surface area contributed by atoms with Gasteiger partial charge in [-0.3, -0.25) is 5.41 Å². The first-order chi connectivity index (χ1) is 4.89. The molecule has 0 rings (SSSR count). The quantitative estimate of drug-likeness (QED) is 0.601. The molecule has 0 spiro atoms. The lowest BCUT2D eigenvalue weighted by atomic mass is 10.2. The molecular weight excluding hydrogens is 157 g/mol. The Hall–Kier alpha value is -1.00. The second-order valence-corrected chi connectivity index (χ2v) is 1.99. The van der Waals surface area contributed by atoms with E-state index in [0.717, 1.165) is 6.20 Å². The normalized spacial score (nSPS) is 13.0. The third-order valence-corrected chi connectivity index (χ3v) is 1.04. The molecule has 0 aliphatic heterocycles. The van der Waals surface area contributed by atoms with Crippen LogP contribution >= 0.6 is 0 Å². The Morgan fingerprint density at radius 1 is 1.45 bits per heavy atom. The van der Waals surface area contributed by atoms with E-state index in [1.54, 1.807) is 0 Å². The maximum Gasteiger partial charge on any atom is 0.432 e. The van der Waals surface area contributed by atoms with Gasteiger partial charge in [0, 0.05) is 13.2 Å². The van der Waals surface area contributed by atoms with Crippen LogP contribution in [0.1, 0.15) is 6.92 Å². The maximum absolute atomic E-state index is 11.7. The second kappa shape index (κ2) is 3.41. The number of allylic oxidation sites excluding steroid dienone is 1. The topological polar surface area (TPSA) is 35.9 Å². The number of alkyl halides is 3. The third-order valence-electron chi connectivity index (χ3n) is 1.04. The van der Waals surface area contributed by atoms with Crippen LogP contribution < -0.4 is 5.32 Å². The van der Waals surface area contributed by atoms with Crippen LogP contribution in [0, 0.1) is 5.41 Å². The van der Waals surface area contributed by atoms with Crippen LogP contribution in [0.4, 0.5) is 13.2 Å². The Morgan fingerprint density at radius 2 is 1.91 bits per heavy atom. The summed E-state index contributed by atoms with van der Waals surface area (Å²) in [4.78, 5) is 0. The molecule has 0 amide bonds. The van der Waals surface area contributed by atoms with E-state index in [-0.39, 0.29) is 5.57 Å². The van der Waals surface area contributed by atoms with Crippen LogP contribution in [0.5, 0.6) is 0 Å². The van der Waals surface area contributed by atoms with Crippen LogP contribution in [0.3, 0.4) is 0 Å². The van der Waals surface area contributed by atoms with Crippen molar-refractivity contribution in [1.82, 2.24) is 5.32 Å². The number of hydrogen-bond donors (Lipinski definition) is 2. The summed E-state index contributed by atoms with van der Waals surface area (Å²) in [6.45, 7) is 1.23. The zero-order valence-corrected chi connectivity index (χ0v) is 6.21. The van der Waals surface area contributed by atoms with Crippen molar-refractivity contribution in [2.24, 2.45) is 0 Å². The Kier molecular flexibility index (Phi) is 3.10. The first kappa shape index (κ1) is 10.0. The minimum atomic E-state index is -4.54. The van der Waals surface area contributed by atoms with Gasteiger partial charge in [0.1, 0.15) is 5.71 Å². The van der Waals surface area contributed by atoms with Crippen molar-refractivity contribution in [2.45, 2.75) is 13.1 Å². The van der Waals surface area contributed by atoms with Gasteiger partial charge in [0.15, 0.2) is 0 Å². The van der Waals surface area contributed by atoms with Crippen LogP contribution in [-0.2, 0) is 0 Å². The zero-order valence-electron chi connectivity index (χ0n) is 6.21. The van der Waals surface area contributed by atoms with Gasteiger partial charge < -0.3 is 5.32 Å². The van der Waals surface area contributed by atoms with Gasteiger partial charge in [-0.25, -0.2) is 0 Å². The Balaban J connectivity index is 4.39. The first-order valence-corrected chi connectivity index (χ1v) is 2.89. The minimum Gasteiger partial charge on any atom is -0.394 e. The Morgan fingerprint density at radius 3 is 2.18 bits per heavy atom. The summed E-state index contributed by atoms with van der Waals surface area (Å²) in [6.07, 6.45) is -3.41. The lowest BCUT2D eigenvalue weighted by Crippen LogP contribution is -2.23. The van der Waals surface area contributed by atoms with Gasteiger partial charge in [-0.05, 0) is 12.5 Å². The summed E-state index contributed by atoms with van der Waals surface area (Å²) < 4.78 is 35.2. The highest BCUT2D eigenvalue weighted by molar-refractivity contribution is 6.01. The smallest absolute Gasteiger partial charge is 0.394 e. The van der Waals surface area contributed by atoms with Crippen molar-refractivity contribution in [3.8, 4) is 0 Å². The van der Waals surface area contributed by atoms with Gasteiger partial charge in [-0.15, -0.1) is 0 Å². The van der Waals surface area contributed by atoms with Gasteiger partial charge in [-0.1, -0.05) is 0 Å². The van der Waals surface area contributed by atoms with E-state index in [1.165, 1.54) is 14.0 Å². The van der Waals surface area contributed by atoms with E-state index in [2.05, 4.69) is 5.32 Å².